The van der Waals surface area contributed by atoms with Crippen LogP contribution in [0.3, 0.4) is 0 Å². The molecule has 1 aromatic rings. The van der Waals surface area contributed by atoms with Crippen molar-refractivity contribution < 1.29 is 4.21 Å². The van der Waals surface area contributed by atoms with Crippen LogP contribution in [0.25, 0.3) is 0 Å². The van der Waals surface area contributed by atoms with Gasteiger partial charge in [0.25, 0.3) is 0 Å². The first-order chi connectivity index (χ1) is 7.69. The highest BCUT2D eigenvalue weighted by molar-refractivity contribution is 7.84. The van der Waals surface area contributed by atoms with Gasteiger partial charge in [0, 0.05) is 36.2 Å². The molecule has 0 bridgehead atoms. The van der Waals surface area contributed by atoms with Crippen LogP contribution in [0.4, 0.5) is 0 Å². The van der Waals surface area contributed by atoms with Crippen molar-refractivity contribution >= 4 is 10.8 Å². The van der Waals surface area contributed by atoms with E-state index in [-0.39, 0.29) is 0 Å². The van der Waals surface area contributed by atoms with Gasteiger partial charge in [0.2, 0.25) is 0 Å². The van der Waals surface area contributed by atoms with Crippen molar-refractivity contribution in [3.63, 3.8) is 0 Å². The van der Waals surface area contributed by atoms with Crippen molar-refractivity contribution in [2.75, 3.05) is 18.8 Å². The maximum atomic E-state index is 11.9. The van der Waals surface area contributed by atoms with E-state index in [1.54, 1.807) is 0 Å². The van der Waals surface area contributed by atoms with E-state index in [0.717, 1.165) is 36.8 Å². The van der Waals surface area contributed by atoms with Gasteiger partial charge in [-0.25, -0.2) is 0 Å². The summed E-state index contributed by atoms with van der Waals surface area (Å²) >= 11 is 0. The lowest BCUT2D eigenvalue weighted by atomic mass is 10.1. The fraction of sp³-hybridized carbons (Fsp3) is 0.727. The van der Waals surface area contributed by atoms with Crippen LogP contribution in [0.15, 0.2) is 6.07 Å². The average molecular weight is 241 g/mol. The van der Waals surface area contributed by atoms with Gasteiger partial charge in [-0.05, 0) is 25.8 Å². The predicted molar refractivity (Wildman–Crippen MR) is 65.7 cm³/mol. The number of hydrogen-bond donors (Lipinski definition) is 1. The van der Waals surface area contributed by atoms with Gasteiger partial charge in [0.15, 0.2) is 0 Å². The summed E-state index contributed by atoms with van der Waals surface area (Å²) in [5, 5.41) is 7.57. The Morgan fingerprint density at radius 1 is 1.62 bits per heavy atom. The van der Waals surface area contributed by atoms with Gasteiger partial charge in [0.1, 0.15) is 0 Å². The zero-order chi connectivity index (χ0) is 11.5. The van der Waals surface area contributed by atoms with Gasteiger partial charge in [-0.2, -0.15) is 5.10 Å². The van der Waals surface area contributed by atoms with Crippen LogP contribution >= 0.6 is 0 Å². The molecule has 0 radical (unpaired) electrons. The Bertz CT molecular complexity index is 385. The van der Waals surface area contributed by atoms with Crippen molar-refractivity contribution in [2.45, 2.75) is 26.1 Å². The SMILES string of the molecule is CCn1nc(C)cc1CS(=O)CC1CNC1. The van der Waals surface area contributed by atoms with Crippen LogP contribution in [0.2, 0.25) is 0 Å². The molecule has 1 N–H and O–H groups in total. The quantitative estimate of drug-likeness (QED) is 0.824. The summed E-state index contributed by atoms with van der Waals surface area (Å²) in [6, 6.07) is 2.04. The molecule has 90 valence electrons. The zero-order valence-corrected chi connectivity index (χ0v) is 10.7. The second-order valence-electron chi connectivity index (χ2n) is 4.37. The molecule has 1 fully saturated rings. The molecule has 0 aromatic carbocycles. The minimum atomic E-state index is -0.749. The maximum Gasteiger partial charge on any atom is 0.0656 e. The molecule has 1 saturated heterocycles. The molecule has 0 aliphatic carbocycles. The summed E-state index contributed by atoms with van der Waals surface area (Å²) in [5.41, 5.74) is 2.12. The molecule has 1 atom stereocenters. The van der Waals surface area contributed by atoms with E-state index in [4.69, 9.17) is 0 Å². The summed E-state index contributed by atoms with van der Waals surface area (Å²) in [5.74, 6) is 2.08. The van der Waals surface area contributed by atoms with Gasteiger partial charge < -0.3 is 5.32 Å². The molecule has 1 unspecified atom stereocenters. The molecule has 2 rings (SSSR count). The predicted octanol–water partition coefficient (Wildman–Crippen LogP) is 0.680. The van der Waals surface area contributed by atoms with E-state index < -0.39 is 10.8 Å². The molecule has 16 heavy (non-hydrogen) atoms. The Labute approximate surface area is 98.9 Å². The number of nitrogens with one attached hydrogen (secondary N) is 1. The van der Waals surface area contributed by atoms with Crippen LogP contribution in [-0.2, 0) is 23.1 Å². The summed E-state index contributed by atoms with van der Waals surface area (Å²) in [4.78, 5) is 0. The van der Waals surface area contributed by atoms with Gasteiger partial charge >= 0.3 is 0 Å². The Hall–Kier alpha value is -0.680. The molecular formula is C11H19N3OS. The molecule has 1 aromatic heterocycles. The highest BCUT2D eigenvalue weighted by atomic mass is 32.2. The monoisotopic (exact) mass is 241 g/mol. The van der Waals surface area contributed by atoms with Gasteiger partial charge in [-0.15, -0.1) is 0 Å². The molecule has 2 heterocycles. The maximum absolute atomic E-state index is 11.9. The molecule has 1 aliphatic rings. The van der Waals surface area contributed by atoms with E-state index in [9.17, 15) is 4.21 Å². The number of nitrogens with zero attached hydrogens (tertiary/aromatic N) is 2. The van der Waals surface area contributed by atoms with E-state index in [1.165, 1.54) is 0 Å². The number of aryl methyl sites for hydroxylation is 2. The standard InChI is InChI=1S/C11H19N3OS/c1-3-14-11(4-9(2)13-14)8-16(15)7-10-5-12-6-10/h4,10,12H,3,5-8H2,1-2H3. The van der Waals surface area contributed by atoms with Crippen molar-refractivity contribution in [2.24, 2.45) is 5.92 Å². The van der Waals surface area contributed by atoms with Crippen LogP contribution in [0.5, 0.6) is 0 Å². The molecule has 0 saturated carbocycles. The van der Waals surface area contributed by atoms with Gasteiger partial charge in [0.05, 0.1) is 17.1 Å². The van der Waals surface area contributed by atoms with E-state index in [1.807, 2.05) is 17.7 Å². The third-order valence-corrected chi connectivity index (χ3v) is 4.34. The molecular weight excluding hydrogens is 222 g/mol. The Morgan fingerprint density at radius 3 is 2.94 bits per heavy atom. The molecule has 5 heteroatoms. The number of rotatable bonds is 5. The van der Waals surface area contributed by atoms with E-state index >= 15 is 0 Å². The normalized spacial score (nSPS) is 18.4. The topological polar surface area (TPSA) is 46.9 Å². The Balaban J connectivity index is 1.93. The summed E-state index contributed by atoms with van der Waals surface area (Å²) in [6.45, 7) is 6.95. The van der Waals surface area contributed by atoms with Crippen molar-refractivity contribution in [3.05, 3.63) is 17.5 Å². The first-order valence-corrected chi connectivity index (χ1v) is 7.27. The van der Waals surface area contributed by atoms with Crippen molar-refractivity contribution in [1.29, 1.82) is 0 Å². The second-order valence-corrected chi connectivity index (χ2v) is 5.87. The highest BCUT2D eigenvalue weighted by Crippen LogP contribution is 2.11. The fourth-order valence-electron chi connectivity index (χ4n) is 1.94. The van der Waals surface area contributed by atoms with E-state index in [2.05, 4.69) is 17.3 Å². The van der Waals surface area contributed by atoms with Crippen LogP contribution < -0.4 is 5.32 Å². The number of aromatic nitrogens is 2. The summed E-state index contributed by atoms with van der Waals surface area (Å²) < 4.78 is 13.9. The zero-order valence-electron chi connectivity index (χ0n) is 9.90. The van der Waals surface area contributed by atoms with E-state index in [0.29, 0.717) is 11.7 Å². The minimum absolute atomic E-state index is 0.611. The lowest BCUT2D eigenvalue weighted by Gasteiger charge is -2.26. The van der Waals surface area contributed by atoms with Crippen LogP contribution in [0, 0.1) is 12.8 Å². The lowest BCUT2D eigenvalue weighted by Crippen LogP contribution is -2.44. The smallest absolute Gasteiger partial charge is 0.0656 e. The molecule has 4 nitrogen and oxygen atoms in total. The largest absolute Gasteiger partial charge is 0.316 e. The minimum Gasteiger partial charge on any atom is -0.316 e. The van der Waals surface area contributed by atoms with Gasteiger partial charge in [-0.3, -0.25) is 8.89 Å². The first-order valence-electron chi connectivity index (χ1n) is 5.78. The summed E-state index contributed by atoms with van der Waals surface area (Å²) in [6.07, 6.45) is 0. The third kappa shape index (κ3) is 2.71. The molecule has 0 spiro atoms. The second kappa shape index (κ2) is 5.10. The first kappa shape index (κ1) is 11.8. The average Bonchev–Trinajstić information content (AvgIpc) is 2.52. The van der Waals surface area contributed by atoms with Gasteiger partial charge in [-0.1, -0.05) is 0 Å². The molecule has 1 aliphatic heterocycles. The van der Waals surface area contributed by atoms with Crippen LogP contribution in [-0.4, -0.2) is 32.8 Å². The Kier molecular flexibility index (Phi) is 3.76. The van der Waals surface area contributed by atoms with Crippen molar-refractivity contribution in [3.8, 4) is 0 Å². The fourth-order valence-corrected chi connectivity index (χ4v) is 3.38. The highest BCUT2D eigenvalue weighted by Gasteiger charge is 2.20. The lowest BCUT2D eigenvalue weighted by molar-refractivity contribution is 0.382. The molecule has 0 amide bonds. The van der Waals surface area contributed by atoms with Crippen LogP contribution in [0.1, 0.15) is 18.3 Å². The third-order valence-electron chi connectivity index (χ3n) is 2.88. The number of hydrogen-bond acceptors (Lipinski definition) is 3. The Morgan fingerprint density at radius 2 is 2.38 bits per heavy atom. The summed E-state index contributed by atoms with van der Waals surface area (Å²) in [7, 11) is -0.749. The van der Waals surface area contributed by atoms with Crippen molar-refractivity contribution in [1.82, 2.24) is 15.1 Å².